The number of aliphatic carboxylic acids is 1. The van der Waals surface area contributed by atoms with Crippen molar-refractivity contribution in [2.45, 2.75) is 35.5 Å². The number of benzene rings is 1. The summed E-state index contributed by atoms with van der Waals surface area (Å²) in [7, 11) is 1.49. The zero-order valence-corrected chi connectivity index (χ0v) is 20.4. The number of thiazole rings is 1. The monoisotopic (exact) mass is 516 g/mol. The Morgan fingerprint density at radius 1 is 1.20 bits per heavy atom. The molecule has 0 radical (unpaired) electrons. The molecule has 9 nitrogen and oxygen atoms in total. The van der Waals surface area contributed by atoms with E-state index in [0.717, 1.165) is 21.9 Å². The number of nitrogens with zero attached hydrogens (tertiary/aromatic N) is 1. The Hall–Kier alpha value is -2.79. The van der Waals surface area contributed by atoms with Crippen LogP contribution in [-0.4, -0.2) is 56.8 Å². The number of carboxylic acids is 1. The molecule has 3 heterocycles. The number of hydrogen-bond donors (Lipinski definition) is 3. The number of aromatic nitrogens is 1. The van der Waals surface area contributed by atoms with Gasteiger partial charge in [-0.2, -0.15) is 0 Å². The van der Waals surface area contributed by atoms with E-state index in [0.29, 0.717) is 5.75 Å². The third-order valence-electron chi connectivity index (χ3n) is 8.15. The first-order valence-corrected chi connectivity index (χ1v) is 13.3. The number of phenolic OH excluding ortho intramolecular Hbond substituents is 1. The van der Waals surface area contributed by atoms with E-state index < -0.39 is 11.9 Å². The number of fused-ring (bicyclic) bond motifs is 9. The van der Waals surface area contributed by atoms with E-state index >= 15 is 0 Å². The van der Waals surface area contributed by atoms with Gasteiger partial charge in [-0.15, -0.1) is 11.8 Å². The predicted molar refractivity (Wildman–Crippen MR) is 127 cm³/mol. The molecule has 2 aliphatic carbocycles. The van der Waals surface area contributed by atoms with Crippen molar-refractivity contribution in [3.63, 3.8) is 0 Å². The number of rotatable bonds is 6. The van der Waals surface area contributed by atoms with Crippen molar-refractivity contribution >= 4 is 40.9 Å². The summed E-state index contributed by atoms with van der Waals surface area (Å²) in [5, 5.41) is 20.0. The highest BCUT2D eigenvalue weighted by Crippen LogP contribution is 2.68. The molecule has 4 aliphatic rings. The van der Waals surface area contributed by atoms with Gasteiger partial charge in [0.15, 0.2) is 11.5 Å². The quantitative estimate of drug-likeness (QED) is 0.498. The second-order valence-corrected chi connectivity index (χ2v) is 11.9. The minimum absolute atomic E-state index is 0.0130. The normalized spacial score (nSPS) is 32.5. The Kier molecular flexibility index (Phi) is 5.26. The van der Waals surface area contributed by atoms with Crippen LogP contribution >= 0.6 is 23.1 Å². The number of hydrogen-bond acceptors (Lipinski definition) is 8. The summed E-state index contributed by atoms with van der Waals surface area (Å²) in [4.78, 5) is 55.0. The van der Waals surface area contributed by atoms with Crippen LogP contribution in [0, 0.1) is 29.6 Å². The summed E-state index contributed by atoms with van der Waals surface area (Å²) < 4.78 is 5.34. The van der Waals surface area contributed by atoms with E-state index in [9.17, 15) is 24.3 Å². The van der Waals surface area contributed by atoms with E-state index in [1.165, 1.54) is 23.3 Å². The fourth-order valence-corrected chi connectivity index (χ4v) is 9.84. The van der Waals surface area contributed by atoms with Crippen molar-refractivity contribution in [1.29, 1.82) is 0 Å². The van der Waals surface area contributed by atoms with E-state index in [1.54, 1.807) is 23.9 Å². The van der Waals surface area contributed by atoms with Crippen molar-refractivity contribution in [3.05, 3.63) is 38.3 Å². The number of ether oxygens (including phenoxy) is 1. The Balaban J connectivity index is 1.39. The number of aromatic amines is 1. The number of carbonyl (C=O) groups excluding carboxylic acids is 2. The summed E-state index contributed by atoms with van der Waals surface area (Å²) in [5.41, 5.74) is 0.908. The van der Waals surface area contributed by atoms with E-state index in [1.807, 2.05) is 6.07 Å². The smallest absolute Gasteiger partial charge is 0.305 e. The number of imide groups is 1. The van der Waals surface area contributed by atoms with Crippen molar-refractivity contribution < 1.29 is 29.3 Å². The molecule has 184 valence electrons. The summed E-state index contributed by atoms with van der Waals surface area (Å²) in [6.45, 7) is 0.137. The zero-order chi connectivity index (χ0) is 24.6. The van der Waals surface area contributed by atoms with Crippen LogP contribution in [0.15, 0.2) is 28.0 Å². The molecular formula is C24H24N2O7S2. The van der Waals surface area contributed by atoms with Gasteiger partial charge in [-0.05, 0) is 48.3 Å². The third kappa shape index (κ3) is 3.27. The molecule has 2 bridgehead atoms. The zero-order valence-electron chi connectivity index (χ0n) is 18.8. The molecule has 1 saturated heterocycles. The lowest BCUT2D eigenvalue weighted by molar-refractivity contribution is -0.142. The fourth-order valence-electron chi connectivity index (χ4n) is 6.95. The average molecular weight is 517 g/mol. The highest BCUT2D eigenvalue weighted by atomic mass is 32.2. The van der Waals surface area contributed by atoms with Crippen LogP contribution in [0.1, 0.15) is 35.6 Å². The van der Waals surface area contributed by atoms with Gasteiger partial charge in [0.1, 0.15) is 0 Å². The summed E-state index contributed by atoms with van der Waals surface area (Å²) in [6, 6.07) is 5.22. The summed E-state index contributed by atoms with van der Waals surface area (Å²) in [6.07, 6.45) is 0.944. The lowest BCUT2D eigenvalue weighted by atomic mass is 9.68. The second-order valence-electron chi connectivity index (χ2n) is 9.72. The molecule has 3 N–H and O–H groups in total. The van der Waals surface area contributed by atoms with Crippen molar-refractivity contribution in [2.24, 2.45) is 29.6 Å². The van der Waals surface area contributed by atoms with Crippen LogP contribution in [0.2, 0.25) is 0 Å². The highest BCUT2D eigenvalue weighted by Gasteiger charge is 2.69. The number of phenols is 1. The SMILES string of the molecule is COc1cc([C@H]2c3sc(=O)[nH]c3SC3C4CC(C5C(=O)N(CCCC(=O)O)C(=O)C45)C32)ccc1O. The van der Waals surface area contributed by atoms with Crippen molar-refractivity contribution in [2.75, 3.05) is 13.7 Å². The maximum atomic E-state index is 13.4. The Labute approximate surface area is 208 Å². The molecule has 2 amide bonds. The molecule has 2 saturated carbocycles. The Morgan fingerprint density at radius 3 is 2.66 bits per heavy atom. The number of likely N-dealkylation sites (tertiary alicyclic amines) is 1. The number of H-pyrrole nitrogens is 1. The lowest BCUT2D eigenvalue weighted by Gasteiger charge is -2.43. The van der Waals surface area contributed by atoms with Crippen molar-refractivity contribution in [3.8, 4) is 11.5 Å². The molecule has 2 aromatic rings. The van der Waals surface area contributed by atoms with Gasteiger partial charge in [0, 0.05) is 29.0 Å². The van der Waals surface area contributed by atoms with Gasteiger partial charge in [0.25, 0.3) is 0 Å². The maximum Gasteiger partial charge on any atom is 0.305 e. The lowest BCUT2D eigenvalue weighted by Crippen LogP contribution is -2.42. The first kappa shape index (κ1) is 22.7. The summed E-state index contributed by atoms with van der Waals surface area (Å²) in [5.74, 6) is -1.82. The number of methoxy groups -OCH3 is 1. The molecule has 11 heteroatoms. The van der Waals surface area contributed by atoms with Crippen molar-refractivity contribution in [1.82, 2.24) is 9.88 Å². The Bertz CT molecular complexity index is 1300. The van der Waals surface area contributed by atoms with Gasteiger partial charge in [0.2, 0.25) is 11.8 Å². The molecule has 2 aliphatic heterocycles. The van der Waals surface area contributed by atoms with Gasteiger partial charge in [-0.25, -0.2) is 0 Å². The first-order valence-electron chi connectivity index (χ1n) is 11.6. The predicted octanol–water partition coefficient (Wildman–Crippen LogP) is 2.49. The van der Waals surface area contributed by atoms with Crippen LogP contribution < -0.4 is 9.61 Å². The molecule has 0 spiro atoms. The second kappa shape index (κ2) is 8.12. The molecular weight excluding hydrogens is 492 g/mol. The molecule has 6 unspecified atom stereocenters. The highest BCUT2D eigenvalue weighted by molar-refractivity contribution is 8.00. The molecule has 1 aromatic carbocycles. The van der Waals surface area contributed by atoms with Crippen LogP contribution in [-0.2, 0) is 14.4 Å². The van der Waals surface area contributed by atoms with E-state index in [-0.39, 0.29) is 76.7 Å². The minimum atomic E-state index is -0.945. The van der Waals surface area contributed by atoms with Crippen LogP contribution in [0.3, 0.4) is 0 Å². The van der Waals surface area contributed by atoms with Crippen LogP contribution in [0.25, 0.3) is 0 Å². The summed E-state index contributed by atoms with van der Waals surface area (Å²) >= 11 is 2.79. The van der Waals surface area contributed by atoms with Crippen LogP contribution in [0.5, 0.6) is 11.5 Å². The first-order chi connectivity index (χ1) is 16.8. The molecule has 1 aromatic heterocycles. The van der Waals surface area contributed by atoms with Gasteiger partial charge < -0.3 is 19.9 Å². The topological polar surface area (TPSA) is 137 Å². The number of aromatic hydroxyl groups is 1. The Morgan fingerprint density at radius 2 is 1.94 bits per heavy atom. The number of nitrogens with one attached hydrogen (secondary N) is 1. The number of carbonyl (C=O) groups is 3. The molecule has 6 rings (SSSR count). The molecule has 3 fully saturated rings. The van der Waals surface area contributed by atoms with Gasteiger partial charge in [0.05, 0.1) is 24.0 Å². The largest absolute Gasteiger partial charge is 0.504 e. The van der Waals surface area contributed by atoms with Gasteiger partial charge in [-0.1, -0.05) is 17.4 Å². The van der Waals surface area contributed by atoms with Crippen LogP contribution in [0.4, 0.5) is 0 Å². The standard InChI is InChI=1S/C24H24N2O7S2/c1-33-13-7-9(4-5-12(13)27)15-16-10-8-11(19(16)34-21-20(15)35-24(32)25-21)18-17(10)22(30)26(23(18)31)6-2-3-14(28)29/h4-5,7,10-11,15-19,27H,2-3,6,8H2,1H3,(H,25,32)(H,28,29)/t10?,11?,15-,16?,17?,18?,19?/m1/s1. The molecule has 7 atom stereocenters. The average Bonchev–Trinajstić information content (AvgIpc) is 3.54. The number of thioether (sulfide) groups is 1. The maximum absolute atomic E-state index is 13.4. The van der Waals surface area contributed by atoms with Gasteiger partial charge >= 0.3 is 10.8 Å². The van der Waals surface area contributed by atoms with E-state index in [4.69, 9.17) is 9.84 Å². The van der Waals surface area contributed by atoms with E-state index in [2.05, 4.69) is 4.98 Å². The minimum Gasteiger partial charge on any atom is -0.504 e. The molecule has 35 heavy (non-hydrogen) atoms. The third-order valence-corrected chi connectivity index (χ3v) is 10.7. The number of amides is 2. The van der Waals surface area contributed by atoms with Gasteiger partial charge in [-0.3, -0.25) is 24.1 Å². The number of carboxylic acid groups (broad SMARTS) is 1. The fraction of sp³-hybridized carbons (Fsp3) is 0.500.